The van der Waals surface area contributed by atoms with Crippen molar-refractivity contribution in [3.63, 3.8) is 0 Å². The fourth-order valence-electron chi connectivity index (χ4n) is 2.32. The zero-order valence-electron chi connectivity index (χ0n) is 12.6. The molecule has 0 saturated heterocycles. The van der Waals surface area contributed by atoms with E-state index < -0.39 is 0 Å². The van der Waals surface area contributed by atoms with Crippen molar-refractivity contribution in [2.45, 2.75) is 45.6 Å². The standard InChI is InChI=1S/C15H24N4S/c1-4-7-16-14(8-15-11-20-12(2)18-15)6-5-13-9-17-19(3)10-13/h9-11,14,16H,4-8H2,1-3H3. The summed E-state index contributed by atoms with van der Waals surface area (Å²) in [6.45, 7) is 5.34. The van der Waals surface area contributed by atoms with Crippen LogP contribution in [0.3, 0.4) is 0 Å². The number of aryl methyl sites for hydroxylation is 3. The molecule has 0 aliphatic rings. The Morgan fingerprint density at radius 3 is 2.90 bits per heavy atom. The topological polar surface area (TPSA) is 42.7 Å². The van der Waals surface area contributed by atoms with Gasteiger partial charge in [-0.05, 0) is 38.3 Å². The fourth-order valence-corrected chi connectivity index (χ4v) is 2.95. The minimum absolute atomic E-state index is 0.497. The number of thiazole rings is 1. The lowest BCUT2D eigenvalue weighted by atomic mass is 10.0. The van der Waals surface area contributed by atoms with Crippen molar-refractivity contribution in [2.75, 3.05) is 6.54 Å². The Balaban J connectivity index is 1.89. The molecule has 0 spiro atoms. The van der Waals surface area contributed by atoms with Crippen molar-refractivity contribution in [2.24, 2.45) is 7.05 Å². The Hall–Kier alpha value is -1.20. The molecule has 20 heavy (non-hydrogen) atoms. The third kappa shape index (κ3) is 4.72. The molecular formula is C15H24N4S. The van der Waals surface area contributed by atoms with Crippen LogP contribution in [0.15, 0.2) is 17.8 Å². The van der Waals surface area contributed by atoms with Gasteiger partial charge in [-0.25, -0.2) is 4.98 Å². The molecule has 4 nitrogen and oxygen atoms in total. The fraction of sp³-hybridized carbons (Fsp3) is 0.600. The van der Waals surface area contributed by atoms with Gasteiger partial charge in [0.15, 0.2) is 0 Å². The minimum atomic E-state index is 0.497. The lowest BCUT2D eigenvalue weighted by molar-refractivity contribution is 0.474. The zero-order chi connectivity index (χ0) is 14.4. The van der Waals surface area contributed by atoms with Crippen molar-refractivity contribution in [1.29, 1.82) is 0 Å². The summed E-state index contributed by atoms with van der Waals surface area (Å²) in [6.07, 6.45) is 8.44. The van der Waals surface area contributed by atoms with E-state index in [0.717, 1.165) is 30.8 Å². The summed E-state index contributed by atoms with van der Waals surface area (Å²) >= 11 is 1.74. The molecule has 0 aliphatic heterocycles. The first-order valence-corrected chi connectivity index (χ1v) is 8.17. The van der Waals surface area contributed by atoms with E-state index in [0.29, 0.717) is 6.04 Å². The molecule has 1 atom stereocenters. The Labute approximate surface area is 125 Å². The maximum absolute atomic E-state index is 4.58. The van der Waals surface area contributed by atoms with E-state index in [2.05, 4.69) is 40.8 Å². The lowest BCUT2D eigenvalue weighted by Crippen LogP contribution is -2.32. The van der Waals surface area contributed by atoms with Gasteiger partial charge in [-0.2, -0.15) is 5.10 Å². The van der Waals surface area contributed by atoms with Crippen LogP contribution in [-0.4, -0.2) is 27.4 Å². The van der Waals surface area contributed by atoms with Crippen LogP contribution >= 0.6 is 11.3 Å². The van der Waals surface area contributed by atoms with Gasteiger partial charge >= 0.3 is 0 Å². The van der Waals surface area contributed by atoms with E-state index in [1.165, 1.54) is 17.7 Å². The van der Waals surface area contributed by atoms with Crippen molar-refractivity contribution in [3.8, 4) is 0 Å². The van der Waals surface area contributed by atoms with Crippen molar-refractivity contribution in [1.82, 2.24) is 20.1 Å². The van der Waals surface area contributed by atoms with E-state index in [4.69, 9.17) is 0 Å². The van der Waals surface area contributed by atoms with Crippen LogP contribution in [0.5, 0.6) is 0 Å². The number of aromatic nitrogens is 3. The van der Waals surface area contributed by atoms with Crippen LogP contribution in [0.1, 0.15) is 36.0 Å². The summed E-state index contributed by atoms with van der Waals surface area (Å²) < 4.78 is 1.87. The largest absolute Gasteiger partial charge is 0.314 e. The van der Waals surface area contributed by atoms with Gasteiger partial charge in [0, 0.05) is 31.1 Å². The van der Waals surface area contributed by atoms with Gasteiger partial charge in [0.05, 0.1) is 16.9 Å². The molecule has 2 aromatic heterocycles. The third-order valence-electron chi connectivity index (χ3n) is 3.34. The number of nitrogens with one attached hydrogen (secondary N) is 1. The van der Waals surface area contributed by atoms with Gasteiger partial charge in [-0.3, -0.25) is 4.68 Å². The second-order valence-corrected chi connectivity index (χ2v) is 6.34. The summed E-state index contributed by atoms with van der Waals surface area (Å²) in [4.78, 5) is 4.58. The maximum Gasteiger partial charge on any atom is 0.0897 e. The normalized spacial score (nSPS) is 12.8. The molecule has 0 bridgehead atoms. The molecule has 2 aromatic rings. The molecule has 1 unspecified atom stereocenters. The van der Waals surface area contributed by atoms with E-state index in [1.54, 1.807) is 11.3 Å². The minimum Gasteiger partial charge on any atom is -0.314 e. The first kappa shape index (κ1) is 15.2. The molecule has 110 valence electrons. The number of hydrogen-bond acceptors (Lipinski definition) is 4. The highest BCUT2D eigenvalue weighted by molar-refractivity contribution is 7.09. The molecule has 0 amide bonds. The summed E-state index contributed by atoms with van der Waals surface area (Å²) in [7, 11) is 1.97. The molecule has 1 N–H and O–H groups in total. The molecule has 0 aromatic carbocycles. The van der Waals surface area contributed by atoms with Crippen LogP contribution in [0.2, 0.25) is 0 Å². The molecule has 2 heterocycles. The van der Waals surface area contributed by atoms with Gasteiger partial charge in [0.25, 0.3) is 0 Å². The van der Waals surface area contributed by atoms with Crippen LogP contribution in [-0.2, 0) is 19.9 Å². The van der Waals surface area contributed by atoms with Gasteiger partial charge < -0.3 is 5.32 Å². The predicted octanol–water partition coefficient (Wildman–Crippen LogP) is 2.73. The second kappa shape index (κ2) is 7.55. The van der Waals surface area contributed by atoms with E-state index in [1.807, 2.05) is 17.9 Å². The van der Waals surface area contributed by atoms with Gasteiger partial charge in [-0.1, -0.05) is 6.92 Å². The van der Waals surface area contributed by atoms with Crippen molar-refractivity contribution < 1.29 is 0 Å². The van der Waals surface area contributed by atoms with E-state index in [9.17, 15) is 0 Å². The highest BCUT2D eigenvalue weighted by atomic mass is 32.1. The predicted molar refractivity (Wildman–Crippen MR) is 84.2 cm³/mol. The second-order valence-electron chi connectivity index (χ2n) is 5.27. The summed E-state index contributed by atoms with van der Waals surface area (Å²) in [5.74, 6) is 0. The highest BCUT2D eigenvalue weighted by Gasteiger charge is 2.11. The van der Waals surface area contributed by atoms with Gasteiger partial charge in [-0.15, -0.1) is 11.3 Å². The average molecular weight is 292 g/mol. The Morgan fingerprint density at radius 2 is 2.30 bits per heavy atom. The monoisotopic (exact) mass is 292 g/mol. The Morgan fingerprint density at radius 1 is 1.45 bits per heavy atom. The smallest absolute Gasteiger partial charge is 0.0897 e. The van der Waals surface area contributed by atoms with Crippen LogP contribution < -0.4 is 5.32 Å². The molecule has 2 rings (SSSR count). The molecular weight excluding hydrogens is 268 g/mol. The van der Waals surface area contributed by atoms with Gasteiger partial charge in [0.1, 0.15) is 0 Å². The molecule has 5 heteroatoms. The SMILES string of the molecule is CCCNC(CCc1cnn(C)c1)Cc1csc(C)n1. The Kier molecular flexibility index (Phi) is 5.73. The van der Waals surface area contributed by atoms with Crippen LogP contribution in [0.4, 0.5) is 0 Å². The first-order valence-electron chi connectivity index (χ1n) is 7.29. The number of rotatable bonds is 8. The molecule has 0 fully saturated rings. The summed E-state index contributed by atoms with van der Waals surface area (Å²) in [5, 5.41) is 11.2. The zero-order valence-corrected chi connectivity index (χ0v) is 13.4. The van der Waals surface area contributed by atoms with Crippen molar-refractivity contribution in [3.05, 3.63) is 34.0 Å². The third-order valence-corrected chi connectivity index (χ3v) is 4.17. The van der Waals surface area contributed by atoms with E-state index >= 15 is 0 Å². The van der Waals surface area contributed by atoms with Crippen LogP contribution in [0.25, 0.3) is 0 Å². The molecule has 0 radical (unpaired) electrons. The van der Waals surface area contributed by atoms with E-state index in [-0.39, 0.29) is 0 Å². The Bertz CT molecular complexity index is 517. The first-order chi connectivity index (χ1) is 9.67. The van der Waals surface area contributed by atoms with Crippen LogP contribution in [0, 0.1) is 6.92 Å². The summed E-state index contributed by atoms with van der Waals surface area (Å²) in [6, 6.07) is 0.497. The lowest BCUT2D eigenvalue weighted by Gasteiger charge is -2.17. The van der Waals surface area contributed by atoms with Gasteiger partial charge in [0.2, 0.25) is 0 Å². The average Bonchev–Trinajstić information content (AvgIpc) is 3.01. The number of hydrogen-bond donors (Lipinski definition) is 1. The van der Waals surface area contributed by atoms with Crippen molar-refractivity contribution >= 4 is 11.3 Å². The highest BCUT2D eigenvalue weighted by Crippen LogP contribution is 2.13. The maximum atomic E-state index is 4.58. The quantitative estimate of drug-likeness (QED) is 0.813. The summed E-state index contributed by atoms with van der Waals surface area (Å²) in [5.41, 5.74) is 2.53. The number of nitrogens with zero attached hydrogens (tertiary/aromatic N) is 3. The molecule has 0 aliphatic carbocycles. The molecule has 0 saturated carbocycles.